The predicted molar refractivity (Wildman–Crippen MR) is 47.9 cm³/mol. The van der Waals surface area contributed by atoms with Crippen LogP contribution in [0.15, 0.2) is 0 Å². The Labute approximate surface area is 81.8 Å². The number of carboxylic acid groups (broad SMARTS) is 1. The molecule has 1 aliphatic heterocycles. The summed E-state index contributed by atoms with van der Waals surface area (Å²) in [7, 11) is 1.52. The number of nitrogens with zero attached hydrogens (tertiary/aromatic N) is 1. The Bertz CT molecular complexity index is 231. The van der Waals surface area contributed by atoms with Crippen molar-refractivity contribution in [2.24, 2.45) is 0 Å². The van der Waals surface area contributed by atoms with Crippen LogP contribution >= 0.6 is 0 Å². The van der Waals surface area contributed by atoms with Gasteiger partial charge in [0, 0.05) is 13.6 Å². The average molecular weight is 202 g/mol. The predicted octanol–water partition coefficient (Wildman–Crippen LogP) is -1.48. The molecule has 6 heteroatoms. The summed E-state index contributed by atoms with van der Waals surface area (Å²) in [5.41, 5.74) is 0. The van der Waals surface area contributed by atoms with E-state index in [1.807, 2.05) is 0 Å². The molecule has 0 aromatic rings. The number of rotatable bonds is 3. The summed E-state index contributed by atoms with van der Waals surface area (Å²) in [5, 5.41) is 11.1. The van der Waals surface area contributed by atoms with E-state index in [0.29, 0.717) is 13.2 Å². The van der Waals surface area contributed by atoms with Crippen LogP contribution in [0.25, 0.3) is 0 Å². The number of ether oxygens (including phenoxy) is 1. The van der Waals surface area contributed by atoms with Gasteiger partial charge < -0.3 is 15.2 Å². The Morgan fingerprint density at radius 1 is 1.64 bits per heavy atom. The molecule has 0 aliphatic carbocycles. The molecule has 0 bridgehead atoms. The molecule has 2 N–H and O–H groups in total. The third-order valence-electron chi connectivity index (χ3n) is 2.13. The van der Waals surface area contributed by atoms with Crippen LogP contribution in [0.1, 0.15) is 0 Å². The first-order chi connectivity index (χ1) is 6.65. The first-order valence-electron chi connectivity index (χ1n) is 4.40. The van der Waals surface area contributed by atoms with Crippen LogP contribution in [0.3, 0.4) is 0 Å². The van der Waals surface area contributed by atoms with Gasteiger partial charge in [-0.05, 0) is 0 Å². The summed E-state index contributed by atoms with van der Waals surface area (Å²) >= 11 is 0. The minimum Gasteiger partial charge on any atom is -0.480 e. The van der Waals surface area contributed by atoms with Gasteiger partial charge in [-0.1, -0.05) is 0 Å². The maximum atomic E-state index is 11.3. The molecule has 1 amide bonds. The van der Waals surface area contributed by atoms with Gasteiger partial charge in [0.25, 0.3) is 0 Å². The van der Waals surface area contributed by atoms with Crippen LogP contribution in [0.2, 0.25) is 0 Å². The number of amides is 1. The van der Waals surface area contributed by atoms with Crippen LogP contribution in [0, 0.1) is 0 Å². The molecule has 0 radical (unpaired) electrons. The molecular formula is C8H14N2O4. The Balaban J connectivity index is 2.58. The lowest BCUT2D eigenvalue weighted by molar-refractivity contribution is -0.143. The Morgan fingerprint density at radius 3 is 2.93 bits per heavy atom. The van der Waals surface area contributed by atoms with E-state index in [4.69, 9.17) is 9.84 Å². The molecule has 1 fully saturated rings. The van der Waals surface area contributed by atoms with E-state index in [-0.39, 0.29) is 19.1 Å². The normalized spacial score (nSPS) is 23.1. The average Bonchev–Trinajstić information content (AvgIpc) is 2.16. The number of nitrogens with one attached hydrogen (secondary N) is 1. The maximum absolute atomic E-state index is 11.3. The van der Waals surface area contributed by atoms with Crippen LogP contribution in [-0.2, 0) is 14.3 Å². The van der Waals surface area contributed by atoms with Crippen LogP contribution in [-0.4, -0.2) is 61.3 Å². The molecule has 6 nitrogen and oxygen atoms in total. The SMILES string of the molecule is CNC(=O)C1COCCN1CC(=O)O. The van der Waals surface area contributed by atoms with Crippen molar-refractivity contribution in [3.63, 3.8) is 0 Å². The standard InChI is InChI=1S/C8H14N2O4/c1-9-8(13)6-5-14-3-2-10(6)4-7(11)12/h6H,2-5H2,1H3,(H,9,13)(H,11,12). The summed E-state index contributed by atoms with van der Waals surface area (Å²) in [6, 6.07) is -0.482. The number of hydrogen-bond donors (Lipinski definition) is 2. The molecule has 1 unspecified atom stereocenters. The largest absolute Gasteiger partial charge is 0.480 e. The first-order valence-corrected chi connectivity index (χ1v) is 4.40. The molecular weight excluding hydrogens is 188 g/mol. The van der Waals surface area contributed by atoms with Crippen LogP contribution in [0.4, 0.5) is 0 Å². The van der Waals surface area contributed by atoms with Crippen molar-refractivity contribution < 1.29 is 19.4 Å². The number of hydrogen-bond acceptors (Lipinski definition) is 4. The highest BCUT2D eigenvalue weighted by Crippen LogP contribution is 2.06. The Hall–Kier alpha value is -1.14. The van der Waals surface area contributed by atoms with E-state index in [2.05, 4.69) is 5.32 Å². The van der Waals surface area contributed by atoms with Crippen molar-refractivity contribution in [1.82, 2.24) is 10.2 Å². The second-order valence-electron chi connectivity index (χ2n) is 3.07. The van der Waals surface area contributed by atoms with Crippen molar-refractivity contribution in [3.05, 3.63) is 0 Å². The number of carbonyl (C=O) groups is 2. The molecule has 0 aromatic heterocycles. The number of morpholine rings is 1. The summed E-state index contributed by atoms with van der Waals surface area (Å²) in [4.78, 5) is 23.4. The summed E-state index contributed by atoms with van der Waals surface area (Å²) in [6.45, 7) is 1.08. The van der Waals surface area contributed by atoms with Crippen molar-refractivity contribution in [1.29, 1.82) is 0 Å². The fourth-order valence-corrected chi connectivity index (χ4v) is 1.41. The van der Waals surface area contributed by atoms with Gasteiger partial charge in [0.1, 0.15) is 6.04 Å². The number of aliphatic carboxylic acids is 1. The van der Waals surface area contributed by atoms with Gasteiger partial charge in [0.05, 0.1) is 19.8 Å². The molecule has 1 heterocycles. The van der Waals surface area contributed by atoms with Gasteiger partial charge in [-0.3, -0.25) is 14.5 Å². The number of carboxylic acids is 1. The van der Waals surface area contributed by atoms with Gasteiger partial charge in [0.15, 0.2) is 0 Å². The fraction of sp³-hybridized carbons (Fsp3) is 0.750. The first kappa shape index (κ1) is 10.9. The molecule has 80 valence electrons. The minimum absolute atomic E-state index is 0.124. The number of likely N-dealkylation sites (N-methyl/N-ethyl adjacent to an activating group) is 1. The van der Waals surface area contributed by atoms with Gasteiger partial charge in [0.2, 0.25) is 5.91 Å². The monoisotopic (exact) mass is 202 g/mol. The van der Waals surface area contributed by atoms with Gasteiger partial charge in [-0.25, -0.2) is 0 Å². The molecule has 0 spiro atoms. The van der Waals surface area contributed by atoms with E-state index in [1.54, 1.807) is 4.90 Å². The summed E-state index contributed by atoms with van der Waals surface area (Å²) < 4.78 is 5.12. The topological polar surface area (TPSA) is 78.9 Å². The summed E-state index contributed by atoms with van der Waals surface area (Å²) in [5.74, 6) is -1.13. The highest BCUT2D eigenvalue weighted by atomic mass is 16.5. The fourth-order valence-electron chi connectivity index (χ4n) is 1.41. The highest BCUT2D eigenvalue weighted by Gasteiger charge is 2.29. The Kier molecular flexibility index (Phi) is 3.84. The van der Waals surface area contributed by atoms with Crippen molar-refractivity contribution in [2.75, 3.05) is 33.4 Å². The maximum Gasteiger partial charge on any atom is 0.317 e. The smallest absolute Gasteiger partial charge is 0.317 e. The molecule has 1 atom stereocenters. The molecule has 1 saturated heterocycles. The third kappa shape index (κ3) is 2.68. The Morgan fingerprint density at radius 2 is 2.36 bits per heavy atom. The van der Waals surface area contributed by atoms with Crippen molar-refractivity contribution >= 4 is 11.9 Å². The molecule has 0 saturated carbocycles. The van der Waals surface area contributed by atoms with E-state index in [0.717, 1.165) is 0 Å². The van der Waals surface area contributed by atoms with Crippen LogP contribution in [0.5, 0.6) is 0 Å². The summed E-state index contributed by atoms with van der Waals surface area (Å²) in [6.07, 6.45) is 0. The molecule has 1 aliphatic rings. The van der Waals surface area contributed by atoms with E-state index in [1.165, 1.54) is 7.05 Å². The lowest BCUT2D eigenvalue weighted by atomic mass is 10.2. The number of carbonyl (C=O) groups excluding carboxylic acids is 1. The molecule has 0 aromatic carbocycles. The second kappa shape index (κ2) is 4.92. The third-order valence-corrected chi connectivity index (χ3v) is 2.13. The van der Waals surface area contributed by atoms with Gasteiger partial charge in [-0.2, -0.15) is 0 Å². The van der Waals surface area contributed by atoms with Crippen LogP contribution < -0.4 is 5.32 Å². The van der Waals surface area contributed by atoms with E-state index in [9.17, 15) is 9.59 Å². The van der Waals surface area contributed by atoms with Crippen molar-refractivity contribution in [2.45, 2.75) is 6.04 Å². The molecule has 1 rings (SSSR count). The molecule has 14 heavy (non-hydrogen) atoms. The lowest BCUT2D eigenvalue weighted by Gasteiger charge is -2.32. The van der Waals surface area contributed by atoms with Gasteiger partial charge in [-0.15, -0.1) is 0 Å². The van der Waals surface area contributed by atoms with Gasteiger partial charge >= 0.3 is 5.97 Å². The minimum atomic E-state index is -0.930. The highest BCUT2D eigenvalue weighted by molar-refractivity contribution is 5.82. The zero-order valence-electron chi connectivity index (χ0n) is 8.02. The lowest BCUT2D eigenvalue weighted by Crippen LogP contribution is -2.54. The second-order valence-corrected chi connectivity index (χ2v) is 3.07. The zero-order chi connectivity index (χ0) is 10.6. The zero-order valence-corrected chi connectivity index (χ0v) is 8.02. The quantitative estimate of drug-likeness (QED) is 0.583. The van der Waals surface area contributed by atoms with E-state index >= 15 is 0 Å². The van der Waals surface area contributed by atoms with Crippen molar-refractivity contribution in [3.8, 4) is 0 Å². The van der Waals surface area contributed by atoms with E-state index < -0.39 is 12.0 Å².